The molecule has 0 saturated carbocycles. The lowest BCUT2D eigenvalue weighted by Gasteiger charge is -2.21. The molecule has 1 aliphatic heterocycles. The number of nitrogens with one attached hydrogen (secondary N) is 1. The molecule has 1 aromatic carbocycles. The molecule has 1 fully saturated rings. The minimum Gasteiger partial charge on any atom is -0.378 e. The largest absolute Gasteiger partial charge is 0.378 e. The Kier molecular flexibility index (Phi) is 5.32. The molecule has 1 aliphatic carbocycles. The van der Waals surface area contributed by atoms with Gasteiger partial charge in [0.05, 0.1) is 6.10 Å². The maximum Gasteiger partial charge on any atom is 0.0576 e. The van der Waals surface area contributed by atoms with Crippen LogP contribution in [0.5, 0.6) is 0 Å². The third kappa shape index (κ3) is 3.87. The lowest BCUT2D eigenvalue weighted by Crippen LogP contribution is -2.23. The maximum absolute atomic E-state index is 5.79. The van der Waals surface area contributed by atoms with E-state index in [-0.39, 0.29) is 0 Å². The molecule has 2 atom stereocenters. The van der Waals surface area contributed by atoms with E-state index in [1.54, 1.807) is 11.1 Å². The summed E-state index contributed by atoms with van der Waals surface area (Å²) in [6.07, 6.45) is 10.5. The van der Waals surface area contributed by atoms with Crippen LogP contribution < -0.4 is 5.32 Å². The zero-order valence-corrected chi connectivity index (χ0v) is 13.4. The van der Waals surface area contributed by atoms with Crippen molar-refractivity contribution < 1.29 is 4.74 Å². The first-order valence-corrected chi connectivity index (χ1v) is 8.83. The van der Waals surface area contributed by atoms with E-state index in [9.17, 15) is 0 Å². The minimum atomic E-state index is 0.500. The van der Waals surface area contributed by atoms with Crippen LogP contribution >= 0.6 is 0 Å². The molecule has 116 valence electrons. The van der Waals surface area contributed by atoms with Crippen molar-refractivity contribution in [2.45, 2.75) is 70.4 Å². The summed E-state index contributed by atoms with van der Waals surface area (Å²) >= 11 is 0. The lowest BCUT2D eigenvalue weighted by atomic mass is 9.96. The van der Waals surface area contributed by atoms with Gasteiger partial charge in [-0.15, -0.1) is 0 Å². The van der Waals surface area contributed by atoms with E-state index in [1.165, 1.54) is 56.9 Å². The highest BCUT2D eigenvalue weighted by Crippen LogP contribution is 2.28. The zero-order valence-electron chi connectivity index (χ0n) is 13.4. The number of hydrogen-bond acceptors (Lipinski definition) is 2. The Bertz CT molecular complexity index is 451. The van der Waals surface area contributed by atoms with Gasteiger partial charge in [-0.3, -0.25) is 0 Å². The van der Waals surface area contributed by atoms with Crippen molar-refractivity contribution >= 4 is 0 Å². The Labute approximate surface area is 129 Å². The highest BCUT2D eigenvalue weighted by molar-refractivity contribution is 5.36. The van der Waals surface area contributed by atoms with Gasteiger partial charge >= 0.3 is 0 Å². The quantitative estimate of drug-likeness (QED) is 0.812. The molecule has 2 unspecified atom stereocenters. The summed E-state index contributed by atoms with van der Waals surface area (Å²) in [4.78, 5) is 0. The fourth-order valence-corrected chi connectivity index (χ4v) is 3.74. The predicted octanol–water partition coefficient (Wildman–Crippen LogP) is 4.18. The van der Waals surface area contributed by atoms with Gasteiger partial charge in [0.25, 0.3) is 0 Å². The highest BCUT2D eigenvalue weighted by atomic mass is 16.5. The van der Waals surface area contributed by atoms with Gasteiger partial charge in [0.2, 0.25) is 0 Å². The van der Waals surface area contributed by atoms with Gasteiger partial charge in [-0.1, -0.05) is 25.1 Å². The fraction of sp³-hybridized carbons (Fsp3) is 0.684. The zero-order chi connectivity index (χ0) is 14.5. The molecular weight excluding hydrogens is 258 g/mol. The topological polar surface area (TPSA) is 21.3 Å². The van der Waals surface area contributed by atoms with E-state index in [4.69, 9.17) is 4.74 Å². The van der Waals surface area contributed by atoms with Gasteiger partial charge < -0.3 is 10.1 Å². The third-order valence-electron chi connectivity index (χ3n) is 4.97. The van der Waals surface area contributed by atoms with Gasteiger partial charge in [-0.2, -0.15) is 0 Å². The summed E-state index contributed by atoms with van der Waals surface area (Å²) in [5.41, 5.74) is 4.65. The van der Waals surface area contributed by atoms with Gasteiger partial charge in [0.1, 0.15) is 0 Å². The summed E-state index contributed by atoms with van der Waals surface area (Å²) in [5, 5.41) is 3.75. The van der Waals surface area contributed by atoms with Crippen molar-refractivity contribution in [3.8, 4) is 0 Å². The molecule has 21 heavy (non-hydrogen) atoms. The molecular formula is C19H29NO. The Morgan fingerprint density at radius 1 is 1.24 bits per heavy atom. The van der Waals surface area contributed by atoms with Crippen LogP contribution in [0.25, 0.3) is 0 Å². The Morgan fingerprint density at radius 2 is 2.14 bits per heavy atom. The fourth-order valence-electron chi connectivity index (χ4n) is 3.74. The number of rotatable bonds is 7. The average Bonchev–Trinajstić information content (AvgIpc) is 3.17. The van der Waals surface area contributed by atoms with Crippen molar-refractivity contribution in [3.05, 3.63) is 34.9 Å². The summed E-state index contributed by atoms with van der Waals surface area (Å²) in [6.45, 7) is 4.32. The van der Waals surface area contributed by atoms with E-state index in [0.717, 1.165) is 13.2 Å². The molecule has 2 nitrogen and oxygen atoms in total. The molecule has 0 radical (unpaired) electrons. The van der Waals surface area contributed by atoms with E-state index in [0.29, 0.717) is 12.1 Å². The molecule has 1 heterocycles. The molecule has 2 aliphatic rings. The first-order valence-electron chi connectivity index (χ1n) is 8.83. The van der Waals surface area contributed by atoms with Crippen molar-refractivity contribution in [1.82, 2.24) is 5.32 Å². The number of hydrogen-bond donors (Lipinski definition) is 1. The second-order valence-corrected chi connectivity index (χ2v) is 6.60. The van der Waals surface area contributed by atoms with Crippen molar-refractivity contribution in [1.29, 1.82) is 0 Å². The van der Waals surface area contributed by atoms with Crippen LogP contribution in [0.4, 0.5) is 0 Å². The molecule has 1 aromatic rings. The smallest absolute Gasteiger partial charge is 0.0576 e. The Hall–Kier alpha value is -0.860. The Morgan fingerprint density at radius 3 is 2.95 bits per heavy atom. The van der Waals surface area contributed by atoms with E-state index in [2.05, 4.69) is 30.4 Å². The number of ether oxygens (including phenoxy) is 1. The number of fused-ring (bicyclic) bond motifs is 1. The van der Waals surface area contributed by atoms with E-state index < -0.39 is 0 Å². The van der Waals surface area contributed by atoms with Crippen LogP contribution in [0.15, 0.2) is 18.2 Å². The summed E-state index contributed by atoms with van der Waals surface area (Å²) in [5.74, 6) is 0. The minimum absolute atomic E-state index is 0.500. The number of benzene rings is 1. The van der Waals surface area contributed by atoms with Crippen molar-refractivity contribution in [2.24, 2.45) is 0 Å². The van der Waals surface area contributed by atoms with Crippen molar-refractivity contribution in [2.75, 3.05) is 13.2 Å². The molecule has 0 bridgehead atoms. The van der Waals surface area contributed by atoms with Crippen LogP contribution in [-0.2, 0) is 17.6 Å². The predicted molar refractivity (Wildman–Crippen MR) is 87.7 cm³/mol. The molecule has 1 saturated heterocycles. The van der Waals surface area contributed by atoms with Crippen molar-refractivity contribution in [3.63, 3.8) is 0 Å². The third-order valence-corrected chi connectivity index (χ3v) is 4.97. The maximum atomic E-state index is 5.79. The standard InChI is InChI=1S/C19H29NO/c1-2-12-20-19(11-10-18-7-4-13-21-18)17-9-8-15-5-3-6-16(15)14-17/h8-9,14,18-20H,2-7,10-13H2,1H3. The van der Waals surface area contributed by atoms with Crippen LogP contribution in [0.2, 0.25) is 0 Å². The first kappa shape index (κ1) is 15.1. The molecule has 0 aromatic heterocycles. The van der Waals surface area contributed by atoms with E-state index in [1.807, 2.05) is 0 Å². The summed E-state index contributed by atoms with van der Waals surface area (Å²) < 4.78 is 5.79. The molecule has 1 N–H and O–H groups in total. The second-order valence-electron chi connectivity index (χ2n) is 6.60. The highest BCUT2D eigenvalue weighted by Gasteiger charge is 2.20. The van der Waals surface area contributed by atoms with Crippen LogP contribution in [-0.4, -0.2) is 19.3 Å². The van der Waals surface area contributed by atoms with E-state index >= 15 is 0 Å². The molecule has 3 rings (SSSR count). The average molecular weight is 287 g/mol. The van der Waals surface area contributed by atoms with Gasteiger partial charge in [0, 0.05) is 12.6 Å². The normalized spacial score (nSPS) is 22.4. The monoisotopic (exact) mass is 287 g/mol. The lowest BCUT2D eigenvalue weighted by molar-refractivity contribution is 0.0996. The molecule has 0 spiro atoms. The van der Waals surface area contributed by atoms with Crippen LogP contribution in [0, 0.1) is 0 Å². The SMILES string of the molecule is CCCNC(CCC1CCCO1)c1ccc2c(c1)CCC2. The summed E-state index contributed by atoms with van der Waals surface area (Å²) in [7, 11) is 0. The van der Waals surface area contributed by atoms with Gasteiger partial charge in [-0.25, -0.2) is 0 Å². The second kappa shape index (κ2) is 7.42. The molecule has 0 amide bonds. The number of aryl methyl sites for hydroxylation is 2. The summed E-state index contributed by atoms with van der Waals surface area (Å²) in [6, 6.07) is 7.68. The van der Waals surface area contributed by atoms with Crippen LogP contribution in [0.1, 0.15) is 68.2 Å². The van der Waals surface area contributed by atoms with Gasteiger partial charge in [0.15, 0.2) is 0 Å². The van der Waals surface area contributed by atoms with Crippen LogP contribution in [0.3, 0.4) is 0 Å². The first-order chi connectivity index (χ1) is 10.4. The molecule has 2 heteroatoms. The Balaban J connectivity index is 1.65. The van der Waals surface area contributed by atoms with Gasteiger partial charge in [-0.05, 0) is 74.6 Å².